The zero-order valence-electron chi connectivity index (χ0n) is 10.9. The molecule has 1 saturated heterocycles. The highest BCUT2D eigenvalue weighted by Gasteiger charge is 2.17. The van der Waals surface area contributed by atoms with E-state index in [4.69, 9.17) is 9.84 Å². The molecule has 0 bridgehead atoms. The molecule has 1 atom stereocenters. The van der Waals surface area contributed by atoms with Crippen molar-refractivity contribution in [3.63, 3.8) is 0 Å². The molecule has 106 valence electrons. The molecular weight excluding hydrogens is 260 g/mol. The van der Waals surface area contributed by atoms with Crippen LogP contribution in [0.15, 0.2) is 24.5 Å². The van der Waals surface area contributed by atoms with Crippen LogP contribution in [0.1, 0.15) is 28.8 Å². The van der Waals surface area contributed by atoms with Crippen LogP contribution in [0.3, 0.4) is 0 Å². The summed E-state index contributed by atoms with van der Waals surface area (Å²) in [5, 5.41) is 11.5. The molecule has 2 N–H and O–H groups in total. The summed E-state index contributed by atoms with van der Waals surface area (Å²) in [5.74, 6) is -1.27. The normalized spacial score (nSPS) is 18.9. The number of carboxylic acids is 1. The van der Waals surface area contributed by atoms with Gasteiger partial charge in [0, 0.05) is 25.1 Å². The second-order valence-corrected chi connectivity index (χ2v) is 4.57. The summed E-state index contributed by atoms with van der Waals surface area (Å²) in [4.78, 5) is 26.5. The van der Waals surface area contributed by atoms with Gasteiger partial charge in [0.25, 0.3) is 5.91 Å². The number of hydrogen-bond acceptors (Lipinski definition) is 4. The van der Waals surface area contributed by atoms with E-state index in [0.29, 0.717) is 17.7 Å². The number of aliphatic carboxylic acids is 1. The zero-order valence-corrected chi connectivity index (χ0v) is 10.9. The summed E-state index contributed by atoms with van der Waals surface area (Å²) in [6, 6.07) is 1.63. The maximum Gasteiger partial charge on any atom is 0.328 e. The number of hydrogen-bond donors (Lipinski definition) is 2. The second kappa shape index (κ2) is 6.81. The van der Waals surface area contributed by atoms with Crippen LogP contribution in [0, 0.1) is 0 Å². The van der Waals surface area contributed by atoms with E-state index < -0.39 is 5.97 Å². The summed E-state index contributed by atoms with van der Waals surface area (Å²) in [7, 11) is 0. The maximum absolute atomic E-state index is 12.1. The van der Waals surface area contributed by atoms with Crippen molar-refractivity contribution < 1.29 is 19.4 Å². The minimum atomic E-state index is -1.04. The Kier molecular flexibility index (Phi) is 4.84. The third kappa shape index (κ3) is 4.17. The first-order chi connectivity index (χ1) is 9.65. The Morgan fingerprint density at radius 2 is 2.30 bits per heavy atom. The first-order valence-corrected chi connectivity index (χ1v) is 6.40. The van der Waals surface area contributed by atoms with Crippen LogP contribution < -0.4 is 5.32 Å². The van der Waals surface area contributed by atoms with Crippen molar-refractivity contribution in [2.75, 3.05) is 13.2 Å². The third-order valence-corrected chi connectivity index (χ3v) is 2.94. The van der Waals surface area contributed by atoms with Crippen LogP contribution >= 0.6 is 0 Å². The number of aromatic nitrogens is 1. The summed E-state index contributed by atoms with van der Waals surface area (Å²) in [5.41, 5.74) is 0.975. The van der Waals surface area contributed by atoms with Gasteiger partial charge in [0.1, 0.15) is 0 Å². The molecule has 0 spiro atoms. The Hall–Kier alpha value is -2.21. The van der Waals surface area contributed by atoms with Crippen molar-refractivity contribution in [3.05, 3.63) is 35.7 Å². The number of carbonyl (C=O) groups excluding carboxylic acids is 1. The van der Waals surface area contributed by atoms with Gasteiger partial charge < -0.3 is 15.2 Å². The van der Waals surface area contributed by atoms with E-state index in [-0.39, 0.29) is 11.9 Å². The molecule has 1 amide bonds. The van der Waals surface area contributed by atoms with E-state index >= 15 is 0 Å². The van der Waals surface area contributed by atoms with E-state index in [1.807, 2.05) is 0 Å². The fraction of sp³-hybridized carbons (Fsp3) is 0.357. The molecular formula is C14H16N2O4. The molecule has 1 aliphatic rings. The lowest BCUT2D eigenvalue weighted by molar-refractivity contribution is -0.131. The van der Waals surface area contributed by atoms with Gasteiger partial charge in [0.2, 0.25) is 0 Å². The number of nitrogens with one attached hydrogen (secondary N) is 1. The van der Waals surface area contributed by atoms with E-state index in [1.54, 1.807) is 6.07 Å². The standard InChI is InChI=1S/C14H16N2O4/c17-13(18)4-3-10-6-11(8-15-7-10)14(19)16-12-2-1-5-20-9-12/h3-4,6-8,12H,1-2,5,9H2,(H,16,19)(H,17,18). The number of ether oxygens (including phenoxy) is 1. The highest BCUT2D eigenvalue weighted by Crippen LogP contribution is 2.09. The average molecular weight is 276 g/mol. The molecule has 1 fully saturated rings. The van der Waals surface area contributed by atoms with Gasteiger partial charge in [-0.3, -0.25) is 9.78 Å². The lowest BCUT2D eigenvalue weighted by Gasteiger charge is -2.23. The smallest absolute Gasteiger partial charge is 0.328 e. The minimum Gasteiger partial charge on any atom is -0.478 e. The first kappa shape index (κ1) is 14.2. The largest absolute Gasteiger partial charge is 0.478 e. The van der Waals surface area contributed by atoms with Crippen molar-refractivity contribution in [3.8, 4) is 0 Å². The van der Waals surface area contributed by atoms with E-state index in [1.165, 1.54) is 18.5 Å². The van der Waals surface area contributed by atoms with Crippen LogP contribution in [-0.4, -0.2) is 41.2 Å². The molecule has 0 aliphatic carbocycles. The molecule has 0 saturated carbocycles. The number of rotatable bonds is 4. The highest BCUT2D eigenvalue weighted by molar-refractivity contribution is 5.95. The highest BCUT2D eigenvalue weighted by atomic mass is 16.5. The van der Waals surface area contributed by atoms with Gasteiger partial charge in [-0.05, 0) is 30.5 Å². The van der Waals surface area contributed by atoms with Gasteiger partial charge >= 0.3 is 5.97 Å². The van der Waals surface area contributed by atoms with Crippen LogP contribution in [0.2, 0.25) is 0 Å². The Bertz CT molecular complexity index is 522. The maximum atomic E-state index is 12.1. The lowest BCUT2D eigenvalue weighted by Crippen LogP contribution is -2.40. The minimum absolute atomic E-state index is 0.0227. The van der Waals surface area contributed by atoms with Crippen molar-refractivity contribution in [2.24, 2.45) is 0 Å². The van der Waals surface area contributed by atoms with Gasteiger partial charge in [-0.25, -0.2) is 4.79 Å². The SMILES string of the molecule is O=C(O)C=Cc1cncc(C(=O)NC2CCCOC2)c1. The van der Waals surface area contributed by atoms with Gasteiger partial charge in [-0.15, -0.1) is 0 Å². The summed E-state index contributed by atoms with van der Waals surface area (Å²) in [6.45, 7) is 1.27. The fourth-order valence-electron chi connectivity index (χ4n) is 1.96. The predicted octanol–water partition coefficient (Wildman–Crippen LogP) is 1.09. The van der Waals surface area contributed by atoms with Crippen LogP contribution in [0.4, 0.5) is 0 Å². The number of nitrogens with zero attached hydrogens (tertiary/aromatic N) is 1. The molecule has 6 heteroatoms. The van der Waals surface area contributed by atoms with Crippen molar-refractivity contribution >= 4 is 18.0 Å². The van der Waals surface area contributed by atoms with Gasteiger partial charge in [-0.2, -0.15) is 0 Å². The summed E-state index contributed by atoms with van der Waals surface area (Å²) < 4.78 is 5.30. The van der Waals surface area contributed by atoms with Gasteiger partial charge in [-0.1, -0.05) is 0 Å². The molecule has 0 aromatic carbocycles. The molecule has 0 radical (unpaired) electrons. The Labute approximate surface area is 116 Å². The Balaban J connectivity index is 2.02. The number of amides is 1. The first-order valence-electron chi connectivity index (χ1n) is 6.40. The van der Waals surface area contributed by atoms with Gasteiger partial charge in [0.15, 0.2) is 0 Å². The second-order valence-electron chi connectivity index (χ2n) is 4.57. The fourth-order valence-corrected chi connectivity index (χ4v) is 1.96. The predicted molar refractivity (Wildman–Crippen MR) is 72.2 cm³/mol. The summed E-state index contributed by atoms with van der Waals surface area (Å²) >= 11 is 0. The van der Waals surface area contributed by atoms with E-state index in [2.05, 4.69) is 10.3 Å². The van der Waals surface area contributed by atoms with Gasteiger partial charge in [0.05, 0.1) is 18.2 Å². The van der Waals surface area contributed by atoms with Crippen molar-refractivity contribution in [1.29, 1.82) is 0 Å². The average Bonchev–Trinajstić information content (AvgIpc) is 2.46. The van der Waals surface area contributed by atoms with Crippen LogP contribution in [-0.2, 0) is 9.53 Å². The third-order valence-electron chi connectivity index (χ3n) is 2.94. The summed E-state index contributed by atoms with van der Waals surface area (Å²) in [6.07, 6.45) is 7.20. The zero-order chi connectivity index (χ0) is 14.4. The Morgan fingerprint density at radius 1 is 1.45 bits per heavy atom. The van der Waals surface area contributed by atoms with Crippen LogP contribution in [0.25, 0.3) is 6.08 Å². The molecule has 2 heterocycles. The topological polar surface area (TPSA) is 88.5 Å². The lowest BCUT2D eigenvalue weighted by atomic mass is 10.1. The quantitative estimate of drug-likeness (QED) is 0.804. The molecule has 1 aromatic rings. The number of carbonyl (C=O) groups is 2. The van der Waals surface area contributed by atoms with E-state index in [9.17, 15) is 9.59 Å². The van der Waals surface area contributed by atoms with E-state index in [0.717, 1.165) is 25.5 Å². The van der Waals surface area contributed by atoms with Crippen molar-refractivity contribution in [2.45, 2.75) is 18.9 Å². The van der Waals surface area contributed by atoms with Crippen molar-refractivity contribution in [1.82, 2.24) is 10.3 Å². The number of carboxylic acid groups (broad SMARTS) is 1. The molecule has 6 nitrogen and oxygen atoms in total. The molecule has 2 rings (SSSR count). The molecule has 1 aliphatic heterocycles. The molecule has 1 unspecified atom stereocenters. The Morgan fingerprint density at radius 3 is 3.00 bits per heavy atom. The monoisotopic (exact) mass is 276 g/mol. The molecule has 1 aromatic heterocycles. The number of pyridine rings is 1. The van der Waals surface area contributed by atoms with Crippen LogP contribution in [0.5, 0.6) is 0 Å². The molecule has 20 heavy (non-hydrogen) atoms.